The van der Waals surface area contributed by atoms with Crippen molar-refractivity contribution in [2.45, 2.75) is 31.9 Å². The van der Waals surface area contributed by atoms with E-state index in [1.165, 1.54) is 4.31 Å². The maximum absolute atomic E-state index is 12.3. The molecule has 0 bridgehead atoms. The molecule has 2 aliphatic rings. The van der Waals surface area contributed by atoms with Crippen LogP contribution in [-0.2, 0) is 19.6 Å². The number of nitrogens with zero attached hydrogens (tertiary/aromatic N) is 2. The Balaban J connectivity index is 1.87. The molecular weight excluding hydrogens is 284 g/mol. The number of ether oxygens (including phenoxy) is 1. The second-order valence-corrected chi connectivity index (χ2v) is 7.38. The SMILES string of the molecule is CC(C(=O)O)N1CCN(S(=O)(=O)CC2CCCO2)CC1. The normalized spacial score (nSPS) is 27.6. The predicted octanol–water partition coefficient (Wildman–Crippen LogP) is -0.414. The van der Waals surface area contributed by atoms with Crippen LogP contribution in [0.4, 0.5) is 0 Å². The molecule has 20 heavy (non-hydrogen) atoms. The molecule has 2 aliphatic heterocycles. The lowest BCUT2D eigenvalue weighted by Gasteiger charge is -2.36. The fraction of sp³-hybridized carbons (Fsp3) is 0.917. The first-order valence-electron chi connectivity index (χ1n) is 6.96. The Labute approximate surface area is 119 Å². The summed E-state index contributed by atoms with van der Waals surface area (Å²) in [6.45, 7) is 3.89. The molecule has 0 amide bonds. The Kier molecular flexibility index (Phi) is 5.00. The molecule has 7 nitrogen and oxygen atoms in total. The van der Waals surface area contributed by atoms with Crippen LogP contribution in [0, 0.1) is 0 Å². The zero-order valence-corrected chi connectivity index (χ0v) is 12.5. The number of rotatable bonds is 5. The predicted molar refractivity (Wildman–Crippen MR) is 73.0 cm³/mol. The van der Waals surface area contributed by atoms with E-state index >= 15 is 0 Å². The summed E-state index contributed by atoms with van der Waals surface area (Å²) >= 11 is 0. The Hall–Kier alpha value is -0.700. The highest BCUT2D eigenvalue weighted by Gasteiger charge is 2.33. The van der Waals surface area contributed by atoms with Gasteiger partial charge in [0.15, 0.2) is 0 Å². The molecule has 2 saturated heterocycles. The van der Waals surface area contributed by atoms with Crippen molar-refractivity contribution in [1.82, 2.24) is 9.21 Å². The Morgan fingerprint density at radius 2 is 2.00 bits per heavy atom. The van der Waals surface area contributed by atoms with Crippen LogP contribution in [0.25, 0.3) is 0 Å². The van der Waals surface area contributed by atoms with Gasteiger partial charge in [-0.1, -0.05) is 0 Å². The van der Waals surface area contributed by atoms with Crippen LogP contribution < -0.4 is 0 Å². The van der Waals surface area contributed by atoms with Gasteiger partial charge in [0.2, 0.25) is 10.0 Å². The summed E-state index contributed by atoms with van der Waals surface area (Å²) in [6, 6.07) is -0.571. The number of hydrogen-bond acceptors (Lipinski definition) is 5. The van der Waals surface area contributed by atoms with Crippen molar-refractivity contribution in [3.05, 3.63) is 0 Å². The van der Waals surface area contributed by atoms with Gasteiger partial charge in [0.05, 0.1) is 11.9 Å². The van der Waals surface area contributed by atoms with E-state index in [4.69, 9.17) is 9.84 Å². The molecule has 0 aromatic rings. The average Bonchev–Trinajstić information content (AvgIpc) is 2.90. The van der Waals surface area contributed by atoms with Crippen molar-refractivity contribution in [2.24, 2.45) is 0 Å². The van der Waals surface area contributed by atoms with E-state index in [2.05, 4.69) is 0 Å². The molecule has 2 fully saturated rings. The molecule has 2 heterocycles. The third kappa shape index (κ3) is 3.69. The maximum atomic E-state index is 12.3. The van der Waals surface area contributed by atoms with Gasteiger partial charge in [0, 0.05) is 32.8 Å². The minimum Gasteiger partial charge on any atom is -0.480 e. The van der Waals surface area contributed by atoms with Crippen molar-refractivity contribution in [3.63, 3.8) is 0 Å². The monoisotopic (exact) mass is 306 g/mol. The largest absolute Gasteiger partial charge is 0.480 e. The third-order valence-electron chi connectivity index (χ3n) is 3.99. The molecule has 0 radical (unpaired) electrons. The maximum Gasteiger partial charge on any atom is 0.320 e. The average molecular weight is 306 g/mol. The van der Waals surface area contributed by atoms with E-state index in [1.807, 2.05) is 0 Å². The zero-order chi connectivity index (χ0) is 14.8. The lowest BCUT2D eigenvalue weighted by molar-refractivity contribution is -0.143. The van der Waals surface area contributed by atoms with Gasteiger partial charge < -0.3 is 9.84 Å². The quantitative estimate of drug-likeness (QED) is 0.743. The van der Waals surface area contributed by atoms with E-state index in [1.54, 1.807) is 11.8 Å². The minimum atomic E-state index is -3.30. The van der Waals surface area contributed by atoms with Crippen LogP contribution in [-0.4, -0.2) is 79.4 Å². The van der Waals surface area contributed by atoms with Crippen molar-refractivity contribution < 1.29 is 23.1 Å². The number of carboxylic acid groups (broad SMARTS) is 1. The molecule has 2 atom stereocenters. The molecule has 0 aliphatic carbocycles. The molecule has 8 heteroatoms. The summed E-state index contributed by atoms with van der Waals surface area (Å²) < 4.78 is 31.4. The second kappa shape index (κ2) is 6.38. The van der Waals surface area contributed by atoms with E-state index in [0.717, 1.165) is 12.8 Å². The van der Waals surface area contributed by atoms with Gasteiger partial charge in [-0.2, -0.15) is 4.31 Å². The van der Waals surface area contributed by atoms with Gasteiger partial charge in [-0.25, -0.2) is 8.42 Å². The molecular formula is C12H22N2O5S. The first kappa shape index (κ1) is 15.7. The fourth-order valence-electron chi connectivity index (χ4n) is 2.64. The van der Waals surface area contributed by atoms with Crippen molar-refractivity contribution >= 4 is 16.0 Å². The zero-order valence-electron chi connectivity index (χ0n) is 11.7. The molecule has 0 saturated carbocycles. The van der Waals surface area contributed by atoms with Crippen LogP contribution in [0.2, 0.25) is 0 Å². The van der Waals surface area contributed by atoms with Crippen molar-refractivity contribution in [3.8, 4) is 0 Å². The lowest BCUT2D eigenvalue weighted by Crippen LogP contribution is -2.53. The number of piperazine rings is 1. The Morgan fingerprint density at radius 3 is 2.50 bits per heavy atom. The van der Waals surface area contributed by atoms with Crippen LogP contribution >= 0.6 is 0 Å². The smallest absolute Gasteiger partial charge is 0.320 e. The van der Waals surface area contributed by atoms with Gasteiger partial charge in [-0.15, -0.1) is 0 Å². The summed E-state index contributed by atoms with van der Waals surface area (Å²) in [5.74, 6) is -0.831. The standard InChI is InChI=1S/C12H22N2O5S/c1-10(12(15)16)13-4-6-14(7-5-13)20(17,18)9-11-3-2-8-19-11/h10-11H,2-9H2,1H3,(H,15,16). The number of hydrogen-bond donors (Lipinski definition) is 1. The van der Waals surface area contributed by atoms with Gasteiger partial charge in [0.1, 0.15) is 6.04 Å². The van der Waals surface area contributed by atoms with Crippen LogP contribution in [0.5, 0.6) is 0 Å². The molecule has 0 aromatic carbocycles. The van der Waals surface area contributed by atoms with Crippen LogP contribution in [0.3, 0.4) is 0 Å². The van der Waals surface area contributed by atoms with Gasteiger partial charge in [0.25, 0.3) is 0 Å². The number of sulfonamides is 1. The van der Waals surface area contributed by atoms with E-state index < -0.39 is 22.0 Å². The first-order chi connectivity index (χ1) is 9.40. The second-order valence-electron chi connectivity index (χ2n) is 5.36. The molecule has 0 aromatic heterocycles. The van der Waals surface area contributed by atoms with E-state index in [0.29, 0.717) is 32.8 Å². The van der Waals surface area contributed by atoms with Gasteiger partial charge >= 0.3 is 5.97 Å². The van der Waals surface area contributed by atoms with Crippen LogP contribution in [0.15, 0.2) is 0 Å². The van der Waals surface area contributed by atoms with Gasteiger partial charge in [-0.05, 0) is 19.8 Å². The molecule has 0 spiro atoms. The van der Waals surface area contributed by atoms with Crippen molar-refractivity contribution in [2.75, 3.05) is 38.5 Å². The van der Waals surface area contributed by atoms with Crippen molar-refractivity contribution in [1.29, 1.82) is 0 Å². The number of carbonyl (C=O) groups is 1. The molecule has 116 valence electrons. The first-order valence-corrected chi connectivity index (χ1v) is 8.57. The topological polar surface area (TPSA) is 87.2 Å². The summed E-state index contributed by atoms with van der Waals surface area (Å²) in [7, 11) is -3.30. The highest BCUT2D eigenvalue weighted by Crippen LogP contribution is 2.17. The summed E-state index contributed by atoms with van der Waals surface area (Å²) in [6.07, 6.45) is 1.54. The Bertz CT molecular complexity index is 439. The number of carboxylic acids is 1. The fourth-order valence-corrected chi connectivity index (χ4v) is 4.30. The minimum absolute atomic E-state index is 0.0431. The number of aliphatic carboxylic acids is 1. The molecule has 2 rings (SSSR count). The highest BCUT2D eigenvalue weighted by molar-refractivity contribution is 7.89. The summed E-state index contributed by atoms with van der Waals surface area (Å²) in [5.41, 5.74) is 0. The summed E-state index contributed by atoms with van der Waals surface area (Å²) in [5, 5.41) is 8.96. The lowest BCUT2D eigenvalue weighted by atomic mass is 10.2. The van der Waals surface area contributed by atoms with E-state index in [9.17, 15) is 13.2 Å². The third-order valence-corrected chi connectivity index (χ3v) is 5.94. The summed E-state index contributed by atoms with van der Waals surface area (Å²) in [4.78, 5) is 12.7. The molecule has 2 unspecified atom stereocenters. The highest BCUT2D eigenvalue weighted by atomic mass is 32.2. The molecule has 1 N–H and O–H groups in total. The Morgan fingerprint density at radius 1 is 1.35 bits per heavy atom. The van der Waals surface area contributed by atoms with E-state index in [-0.39, 0.29) is 11.9 Å². The van der Waals surface area contributed by atoms with Crippen LogP contribution in [0.1, 0.15) is 19.8 Å². The van der Waals surface area contributed by atoms with Gasteiger partial charge in [-0.3, -0.25) is 9.69 Å².